The van der Waals surface area contributed by atoms with Crippen molar-refractivity contribution in [2.24, 2.45) is 0 Å². The number of ether oxygens (including phenoxy) is 1. The van der Waals surface area contributed by atoms with Crippen LogP contribution in [0.5, 0.6) is 5.75 Å². The van der Waals surface area contributed by atoms with Gasteiger partial charge in [-0.3, -0.25) is 10.1 Å². The van der Waals surface area contributed by atoms with E-state index in [9.17, 15) is 14.9 Å². The van der Waals surface area contributed by atoms with E-state index < -0.39 is 10.9 Å². The highest BCUT2D eigenvalue weighted by Gasteiger charge is 2.15. The zero-order valence-electron chi connectivity index (χ0n) is 10.8. The van der Waals surface area contributed by atoms with Crippen molar-refractivity contribution in [1.82, 2.24) is 0 Å². The second-order valence-electron chi connectivity index (χ2n) is 4.18. The van der Waals surface area contributed by atoms with Gasteiger partial charge in [-0.05, 0) is 19.1 Å². The highest BCUT2D eigenvalue weighted by atomic mass is 79.9. The fourth-order valence-electron chi connectivity index (χ4n) is 1.72. The molecule has 0 saturated heterocycles. The van der Waals surface area contributed by atoms with Crippen molar-refractivity contribution in [1.29, 1.82) is 0 Å². The maximum absolute atomic E-state index is 10.9. The molecule has 0 fully saturated rings. The largest absolute Gasteiger partial charge is 0.485 e. The second kappa shape index (κ2) is 5.96. The van der Waals surface area contributed by atoms with Gasteiger partial charge < -0.3 is 14.3 Å². The molecule has 0 bridgehead atoms. The van der Waals surface area contributed by atoms with Crippen LogP contribution < -0.4 is 4.74 Å². The zero-order chi connectivity index (χ0) is 15.6. The molecule has 8 heteroatoms. The maximum Gasteiger partial charge on any atom is 0.339 e. The van der Waals surface area contributed by atoms with Gasteiger partial charge in [-0.1, -0.05) is 15.9 Å². The molecule has 21 heavy (non-hydrogen) atoms. The average molecular weight is 356 g/mol. The molecule has 110 valence electrons. The number of rotatable bonds is 5. The highest BCUT2D eigenvalue weighted by molar-refractivity contribution is 9.10. The summed E-state index contributed by atoms with van der Waals surface area (Å²) in [5.74, 6) is -0.198. The smallest absolute Gasteiger partial charge is 0.339 e. The Labute approximate surface area is 127 Å². The number of carboxylic acids is 1. The van der Waals surface area contributed by atoms with Gasteiger partial charge in [-0.15, -0.1) is 0 Å². The lowest BCUT2D eigenvalue weighted by molar-refractivity contribution is -0.385. The number of carbonyl (C=O) groups is 1. The van der Waals surface area contributed by atoms with E-state index in [2.05, 4.69) is 15.9 Å². The molecular weight excluding hydrogens is 346 g/mol. The number of furan rings is 1. The molecule has 1 heterocycles. The van der Waals surface area contributed by atoms with Gasteiger partial charge in [0.2, 0.25) is 0 Å². The fourth-order valence-corrected chi connectivity index (χ4v) is 2.18. The first-order valence-electron chi connectivity index (χ1n) is 5.77. The standard InChI is InChI=1S/C13H10BrNO6/c1-7-12(13(16)17)5-11(21-7)6-20-10-3-8(14)2-9(4-10)15(18)19/h2-5H,6H2,1H3,(H,16,17). The number of aromatic carboxylic acids is 1. The molecule has 2 aromatic rings. The van der Waals surface area contributed by atoms with Gasteiger partial charge in [0.05, 0.1) is 11.0 Å². The van der Waals surface area contributed by atoms with Gasteiger partial charge in [0.15, 0.2) is 0 Å². The summed E-state index contributed by atoms with van der Waals surface area (Å²) < 4.78 is 11.2. The van der Waals surface area contributed by atoms with Crippen LogP contribution in [0.15, 0.2) is 33.2 Å². The molecular formula is C13H10BrNO6. The van der Waals surface area contributed by atoms with E-state index in [1.54, 1.807) is 6.07 Å². The highest BCUT2D eigenvalue weighted by Crippen LogP contribution is 2.27. The minimum absolute atomic E-state index is 0.0261. The zero-order valence-corrected chi connectivity index (χ0v) is 12.4. The first kappa shape index (κ1) is 15.0. The summed E-state index contributed by atoms with van der Waals surface area (Å²) in [5.41, 5.74) is -0.0463. The Morgan fingerprint density at radius 1 is 1.43 bits per heavy atom. The molecule has 0 saturated carbocycles. The van der Waals surface area contributed by atoms with Gasteiger partial charge in [0, 0.05) is 10.5 Å². The van der Waals surface area contributed by atoms with Gasteiger partial charge >= 0.3 is 5.97 Å². The molecule has 1 aromatic carbocycles. The Balaban J connectivity index is 2.14. The van der Waals surface area contributed by atoms with E-state index >= 15 is 0 Å². The monoisotopic (exact) mass is 355 g/mol. The van der Waals surface area contributed by atoms with Crippen LogP contribution in [0.2, 0.25) is 0 Å². The summed E-state index contributed by atoms with van der Waals surface area (Å²) >= 11 is 3.16. The number of carboxylic acid groups (broad SMARTS) is 1. The normalized spacial score (nSPS) is 10.4. The predicted octanol–water partition coefficient (Wildman–Crippen LogP) is 3.54. The molecule has 0 spiro atoms. The van der Waals surface area contributed by atoms with Gasteiger partial charge in [0.25, 0.3) is 5.69 Å². The van der Waals surface area contributed by atoms with Gasteiger partial charge in [-0.25, -0.2) is 4.79 Å². The number of aryl methyl sites for hydroxylation is 1. The van der Waals surface area contributed by atoms with Crippen LogP contribution in [-0.4, -0.2) is 16.0 Å². The third kappa shape index (κ3) is 3.60. The number of nitrogens with zero attached hydrogens (tertiary/aromatic N) is 1. The van der Waals surface area contributed by atoms with Crippen molar-refractivity contribution in [2.45, 2.75) is 13.5 Å². The molecule has 0 aliphatic carbocycles. The topological polar surface area (TPSA) is 103 Å². The van der Waals surface area contributed by atoms with Crippen molar-refractivity contribution in [3.63, 3.8) is 0 Å². The predicted molar refractivity (Wildman–Crippen MR) is 75.5 cm³/mol. The first-order chi connectivity index (χ1) is 9.86. The van der Waals surface area contributed by atoms with Gasteiger partial charge in [-0.2, -0.15) is 0 Å². The van der Waals surface area contributed by atoms with Crippen molar-refractivity contribution >= 4 is 27.6 Å². The van der Waals surface area contributed by atoms with Crippen LogP contribution in [0.4, 0.5) is 5.69 Å². The van der Waals surface area contributed by atoms with Crippen LogP contribution in [0.25, 0.3) is 0 Å². The molecule has 0 atom stereocenters. The third-order valence-corrected chi connectivity index (χ3v) is 3.11. The van der Waals surface area contributed by atoms with Crippen molar-refractivity contribution in [3.8, 4) is 5.75 Å². The van der Waals surface area contributed by atoms with Crippen molar-refractivity contribution in [3.05, 3.63) is 55.9 Å². The molecule has 1 aromatic heterocycles. The van der Waals surface area contributed by atoms with E-state index in [4.69, 9.17) is 14.3 Å². The third-order valence-electron chi connectivity index (χ3n) is 2.65. The van der Waals surface area contributed by atoms with Crippen LogP contribution in [0.3, 0.4) is 0 Å². The molecule has 0 amide bonds. The van der Waals surface area contributed by atoms with E-state index in [0.717, 1.165) is 0 Å². The lowest BCUT2D eigenvalue weighted by Gasteiger charge is -2.04. The molecule has 7 nitrogen and oxygen atoms in total. The number of halogens is 1. The minimum Gasteiger partial charge on any atom is -0.485 e. The first-order valence-corrected chi connectivity index (χ1v) is 6.56. The minimum atomic E-state index is -1.08. The SMILES string of the molecule is Cc1oc(COc2cc(Br)cc([N+](=O)[O-])c2)cc1C(=O)O. The Morgan fingerprint density at radius 2 is 2.14 bits per heavy atom. The maximum atomic E-state index is 10.9. The number of hydrogen-bond acceptors (Lipinski definition) is 5. The molecule has 0 radical (unpaired) electrons. The molecule has 0 aliphatic rings. The Hall–Kier alpha value is -2.35. The van der Waals surface area contributed by atoms with E-state index in [1.165, 1.54) is 25.1 Å². The fraction of sp³-hybridized carbons (Fsp3) is 0.154. The summed E-state index contributed by atoms with van der Waals surface area (Å²) in [5, 5.41) is 19.7. The summed E-state index contributed by atoms with van der Waals surface area (Å²) in [6.07, 6.45) is 0. The van der Waals surface area contributed by atoms with Crippen molar-refractivity contribution < 1.29 is 24.0 Å². The summed E-state index contributed by atoms with van der Waals surface area (Å²) in [4.78, 5) is 21.1. The number of benzene rings is 1. The summed E-state index contributed by atoms with van der Waals surface area (Å²) in [6.45, 7) is 1.51. The van der Waals surface area contributed by atoms with Crippen LogP contribution in [0, 0.1) is 17.0 Å². The van der Waals surface area contributed by atoms with Crippen LogP contribution >= 0.6 is 15.9 Å². The molecule has 1 N–H and O–H groups in total. The lowest BCUT2D eigenvalue weighted by Crippen LogP contribution is -1.96. The van der Waals surface area contributed by atoms with E-state index in [-0.39, 0.29) is 29.4 Å². The molecule has 0 aliphatic heterocycles. The Kier molecular flexibility index (Phi) is 4.27. The number of nitro benzene ring substituents is 1. The lowest BCUT2D eigenvalue weighted by atomic mass is 10.2. The van der Waals surface area contributed by atoms with Crippen LogP contribution in [0.1, 0.15) is 21.9 Å². The average Bonchev–Trinajstić information content (AvgIpc) is 2.77. The Morgan fingerprint density at radius 3 is 2.71 bits per heavy atom. The van der Waals surface area contributed by atoms with Crippen LogP contribution in [-0.2, 0) is 6.61 Å². The van der Waals surface area contributed by atoms with E-state index in [0.29, 0.717) is 10.2 Å². The summed E-state index contributed by atoms with van der Waals surface area (Å²) in [6, 6.07) is 5.57. The molecule has 2 rings (SSSR count). The second-order valence-corrected chi connectivity index (χ2v) is 5.09. The molecule has 0 unspecified atom stereocenters. The Bertz CT molecular complexity index is 709. The quantitative estimate of drug-likeness (QED) is 0.649. The van der Waals surface area contributed by atoms with E-state index in [1.807, 2.05) is 0 Å². The summed E-state index contributed by atoms with van der Waals surface area (Å²) in [7, 11) is 0. The van der Waals surface area contributed by atoms with Crippen molar-refractivity contribution in [2.75, 3.05) is 0 Å². The number of hydrogen-bond donors (Lipinski definition) is 1. The number of non-ortho nitro benzene ring substituents is 1. The number of nitro groups is 1. The van der Waals surface area contributed by atoms with Gasteiger partial charge in [0.1, 0.15) is 29.4 Å².